The van der Waals surface area contributed by atoms with E-state index in [1.54, 1.807) is 42.9 Å². The first-order valence-corrected chi connectivity index (χ1v) is 9.89. The summed E-state index contributed by atoms with van der Waals surface area (Å²) in [6, 6.07) is 29.0. The van der Waals surface area contributed by atoms with Crippen molar-refractivity contribution < 1.29 is 9.53 Å². The molecule has 4 rings (SSSR count). The van der Waals surface area contributed by atoms with E-state index < -0.39 is 0 Å². The molecule has 0 saturated carbocycles. The number of pyridine rings is 1. The van der Waals surface area contributed by atoms with E-state index in [-0.39, 0.29) is 5.91 Å². The van der Waals surface area contributed by atoms with Crippen LogP contribution in [0.5, 0.6) is 5.75 Å². The number of carbonyl (C=O) groups is 1. The summed E-state index contributed by atoms with van der Waals surface area (Å²) in [4.78, 5) is 16.2. The molecule has 5 nitrogen and oxygen atoms in total. The summed E-state index contributed by atoms with van der Waals surface area (Å²) < 4.78 is 6.06. The van der Waals surface area contributed by atoms with Crippen LogP contribution >= 0.6 is 0 Å². The molecular weight excluding hydrogens is 386 g/mol. The van der Waals surface area contributed by atoms with Crippen LogP contribution in [-0.2, 0) is 6.61 Å². The zero-order valence-electron chi connectivity index (χ0n) is 16.8. The number of hydrogen-bond donors (Lipinski definition) is 1. The van der Waals surface area contributed by atoms with Gasteiger partial charge in [-0.2, -0.15) is 5.10 Å². The molecule has 1 aromatic heterocycles. The molecule has 0 bridgehead atoms. The second-order valence-corrected chi connectivity index (χ2v) is 6.83. The molecule has 0 aliphatic carbocycles. The number of hydrazone groups is 1. The largest absolute Gasteiger partial charge is 0.488 e. The number of amides is 1. The Kier molecular flexibility index (Phi) is 6.45. The first-order chi connectivity index (χ1) is 15.3. The minimum absolute atomic E-state index is 0.271. The smallest absolute Gasteiger partial charge is 0.271 e. The molecule has 31 heavy (non-hydrogen) atoms. The molecule has 0 spiro atoms. The highest BCUT2D eigenvalue weighted by atomic mass is 16.5. The quantitative estimate of drug-likeness (QED) is 0.343. The summed E-state index contributed by atoms with van der Waals surface area (Å²) in [7, 11) is 0. The van der Waals surface area contributed by atoms with Crippen molar-refractivity contribution in [1.29, 1.82) is 0 Å². The SMILES string of the molecule is O=C(NN=Cc1ccncc1)c1ccc(COc2ccccc2-c2ccccc2)cc1. The Morgan fingerprint density at radius 1 is 0.871 bits per heavy atom. The molecular formula is C26H21N3O2. The topological polar surface area (TPSA) is 63.6 Å². The van der Waals surface area contributed by atoms with Gasteiger partial charge in [0.25, 0.3) is 5.91 Å². The van der Waals surface area contributed by atoms with E-state index >= 15 is 0 Å². The van der Waals surface area contributed by atoms with Crippen molar-refractivity contribution in [1.82, 2.24) is 10.4 Å². The van der Waals surface area contributed by atoms with Crippen molar-refractivity contribution in [2.45, 2.75) is 6.61 Å². The standard InChI is InChI=1S/C26H21N3O2/c30-26(29-28-18-20-14-16-27-17-15-20)23-12-10-21(11-13-23)19-31-25-9-5-4-8-24(25)22-6-2-1-3-7-22/h1-18H,19H2,(H,29,30). The van der Waals surface area contributed by atoms with Crippen LogP contribution in [0.2, 0.25) is 0 Å². The van der Waals surface area contributed by atoms with Crippen molar-refractivity contribution in [3.05, 3.63) is 120 Å². The molecule has 3 aromatic carbocycles. The Hall–Kier alpha value is -4.25. The number of rotatable bonds is 7. The van der Waals surface area contributed by atoms with Gasteiger partial charge >= 0.3 is 0 Å². The lowest BCUT2D eigenvalue weighted by atomic mass is 10.0. The van der Waals surface area contributed by atoms with Crippen LogP contribution in [-0.4, -0.2) is 17.1 Å². The van der Waals surface area contributed by atoms with Crippen LogP contribution in [0.15, 0.2) is 108 Å². The number of ether oxygens (including phenoxy) is 1. The Balaban J connectivity index is 1.36. The van der Waals surface area contributed by atoms with Gasteiger partial charge in [-0.3, -0.25) is 9.78 Å². The number of para-hydroxylation sites is 1. The predicted molar refractivity (Wildman–Crippen MR) is 122 cm³/mol. The Morgan fingerprint density at radius 3 is 2.35 bits per heavy atom. The van der Waals surface area contributed by atoms with Crippen LogP contribution < -0.4 is 10.2 Å². The van der Waals surface area contributed by atoms with E-state index in [0.29, 0.717) is 12.2 Å². The lowest BCUT2D eigenvalue weighted by Gasteiger charge is -2.12. The van der Waals surface area contributed by atoms with E-state index in [1.165, 1.54) is 0 Å². The fourth-order valence-electron chi connectivity index (χ4n) is 3.04. The zero-order valence-corrected chi connectivity index (χ0v) is 16.8. The normalized spacial score (nSPS) is 10.7. The third-order valence-corrected chi connectivity index (χ3v) is 4.67. The minimum atomic E-state index is -0.271. The van der Waals surface area contributed by atoms with Crippen LogP contribution in [0.1, 0.15) is 21.5 Å². The van der Waals surface area contributed by atoms with Gasteiger partial charge in [0.15, 0.2) is 0 Å². The first-order valence-electron chi connectivity index (χ1n) is 9.89. The van der Waals surface area contributed by atoms with Gasteiger partial charge in [0.1, 0.15) is 12.4 Å². The highest BCUT2D eigenvalue weighted by Crippen LogP contribution is 2.30. The number of benzene rings is 3. The second-order valence-electron chi connectivity index (χ2n) is 6.83. The number of nitrogens with zero attached hydrogens (tertiary/aromatic N) is 2. The van der Waals surface area contributed by atoms with Gasteiger partial charge in [0.2, 0.25) is 0 Å². The Labute approximate surface area is 181 Å². The molecule has 0 aliphatic rings. The molecule has 0 saturated heterocycles. The summed E-state index contributed by atoms with van der Waals surface area (Å²) in [6.07, 6.45) is 4.91. The van der Waals surface area contributed by atoms with Gasteiger partial charge in [-0.15, -0.1) is 0 Å². The number of hydrogen-bond acceptors (Lipinski definition) is 4. The fraction of sp³-hybridized carbons (Fsp3) is 0.0385. The van der Waals surface area contributed by atoms with Crippen molar-refractivity contribution in [2.75, 3.05) is 0 Å². The molecule has 0 aliphatic heterocycles. The maximum atomic E-state index is 12.3. The highest BCUT2D eigenvalue weighted by Gasteiger charge is 2.07. The van der Waals surface area contributed by atoms with Crippen molar-refractivity contribution >= 4 is 12.1 Å². The van der Waals surface area contributed by atoms with E-state index in [0.717, 1.165) is 28.0 Å². The number of aromatic nitrogens is 1. The van der Waals surface area contributed by atoms with Crippen molar-refractivity contribution in [3.8, 4) is 16.9 Å². The van der Waals surface area contributed by atoms with Gasteiger partial charge in [-0.1, -0.05) is 60.7 Å². The van der Waals surface area contributed by atoms with Gasteiger partial charge in [0.05, 0.1) is 6.21 Å². The molecule has 0 radical (unpaired) electrons. The third kappa shape index (κ3) is 5.42. The lowest BCUT2D eigenvalue weighted by molar-refractivity contribution is 0.0955. The van der Waals surface area contributed by atoms with Gasteiger partial charge in [-0.25, -0.2) is 5.43 Å². The average molecular weight is 407 g/mol. The summed E-state index contributed by atoms with van der Waals surface area (Å²) in [6.45, 7) is 0.409. The van der Waals surface area contributed by atoms with E-state index in [2.05, 4.69) is 27.6 Å². The van der Waals surface area contributed by atoms with E-state index in [9.17, 15) is 4.79 Å². The van der Waals surface area contributed by atoms with Crippen molar-refractivity contribution in [2.24, 2.45) is 5.10 Å². The summed E-state index contributed by atoms with van der Waals surface area (Å²) in [5.41, 5.74) is 7.05. The highest BCUT2D eigenvalue weighted by molar-refractivity contribution is 5.94. The van der Waals surface area contributed by atoms with Crippen LogP contribution in [0, 0.1) is 0 Å². The van der Waals surface area contributed by atoms with Gasteiger partial charge in [-0.05, 0) is 47.0 Å². The van der Waals surface area contributed by atoms with Crippen LogP contribution in [0.4, 0.5) is 0 Å². The molecule has 152 valence electrons. The maximum absolute atomic E-state index is 12.3. The average Bonchev–Trinajstić information content (AvgIpc) is 2.84. The molecule has 1 N–H and O–H groups in total. The van der Waals surface area contributed by atoms with Gasteiger partial charge in [0, 0.05) is 23.5 Å². The van der Waals surface area contributed by atoms with Crippen molar-refractivity contribution in [3.63, 3.8) is 0 Å². The maximum Gasteiger partial charge on any atom is 0.271 e. The number of carbonyl (C=O) groups excluding carboxylic acids is 1. The zero-order chi connectivity index (χ0) is 21.3. The summed E-state index contributed by atoms with van der Waals surface area (Å²) in [5.74, 6) is 0.549. The third-order valence-electron chi connectivity index (χ3n) is 4.67. The molecule has 4 aromatic rings. The van der Waals surface area contributed by atoms with E-state index in [1.807, 2.05) is 54.6 Å². The molecule has 1 amide bonds. The molecule has 5 heteroatoms. The Bertz CT molecular complexity index is 1160. The summed E-state index contributed by atoms with van der Waals surface area (Å²) in [5, 5.41) is 3.98. The van der Waals surface area contributed by atoms with Crippen LogP contribution in [0.3, 0.4) is 0 Å². The molecule has 1 heterocycles. The lowest BCUT2D eigenvalue weighted by Crippen LogP contribution is -2.17. The minimum Gasteiger partial charge on any atom is -0.488 e. The first kappa shape index (κ1) is 20.0. The van der Waals surface area contributed by atoms with Gasteiger partial charge < -0.3 is 4.74 Å². The number of nitrogens with one attached hydrogen (secondary N) is 1. The van der Waals surface area contributed by atoms with E-state index in [4.69, 9.17) is 4.74 Å². The Morgan fingerprint density at radius 2 is 1.58 bits per heavy atom. The molecule has 0 atom stereocenters. The monoisotopic (exact) mass is 407 g/mol. The summed E-state index contributed by atoms with van der Waals surface area (Å²) >= 11 is 0. The molecule has 0 unspecified atom stereocenters. The molecule has 0 fully saturated rings. The fourth-order valence-corrected chi connectivity index (χ4v) is 3.04. The predicted octanol–water partition coefficient (Wildman–Crippen LogP) is 5.09. The van der Waals surface area contributed by atoms with Crippen LogP contribution in [0.25, 0.3) is 11.1 Å². The second kappa shape index (κ2) is 9.98.